The van der Waals surface area contributed by atoms with Crippen molar-refractivity contribution in [3.8, 4) is 0 Å². The first-order valence-corrected chi connectivity index (χ1v) is 11.1. The quantitative estimate of drug-likeness (QED) is 0.513. The van der Waals surface area contributed by atoms with Gasteiger partial charge in [-0.05, 0) is 56.2 Å². The minimum atomic E-state index is -4.40. The number of carboxylic acid groups (broad SMARTS) is 1. The predicted octanol–water partition coefficient (Wildman–Crippen LogP) is 4.98. The van der Waals surface area contributed by atoms with E-state index in [1.165, 1.54) is 24.3 Å². The molecule has 0 unspecified atom stereocenters. The molecule has 0 fully saturated rings. The molecule has 1 aliphatic rings. The smallest absolute Gasteiger partial charge is 0.416 e. The van der Waals surface area contributed by atoms with E-state index in [0.29, 0.717) is 35.7 Å². The van der Waals surface area contributed by atoms with E-state index >= 15 is 0 Å². The van der Waals surface area contributed by atoms with Crippen molar-refractivity contribution in [1.29, 1.82) is 0 Å². The van der Waals surface area contributed by atoms with Gasteiger partial charge >= 0.3 is 12.1 Å². The lowest BCUT2D eigenvalue weighted by molar-refractivity contribution is -0.137. The third kappa shape index (κ3) is 4.73. The monoisotopic (exact) mass is 486 g/mol. The fraction of sp³-hybridized carbons (Fsp3) is 0.320. The van der Waals surface area contributed by atoms with Gasteiger partial charge in [-0.15, -0.1) is 0 Å². The first-order chi connectivity index (χ1) is 16.5. The van der Waals surface area contributed by atoms with Gasteiger partial charge in [-0.2, -0.15) is 18.3 Å². The lowest BCUT2D eigenvalue weighted by atomic mass is 10.0. The zero-order valence-electron chi connectivity index (χ0n) is 19.4. The Kier molecular flexibility index (Phi) is 6.31. The van der Waals surface area contributed by atoms with Crippen LogP contribution in [0.2, 0.25) is 0 Å². The summed E-state index contributed by atoms with van der Waals surface area (Å²) in [5, 5.41) is 16.5. The number of nitrogens with one attached hydrogen (secondary N) is 1. The number of amides is 1. The number of alkyl halides is 3. The number of halogens is 3. The maximum Gasteiger partial charge on any atom is 0.416 e. The molecule has 1 aromatic heterocycles. The van der Waals surface area contributed by atoms with Crippen LogP contribution in [0.4, 0.5) is 19.0 Å². The SMILES string of the molecule is Cc1nn2c(c1C(=O)N[C@@H](C)c1ccc(C(=O)O)cc1)N([C@H](C)c1ccc(C(F)(F)F)cc1)CC2. The first kappa shape index (κ1) is 24.3. The summed E-state index contributed by atoms with van der Waals surface area (Å²) in [5.74, 6) is -0.729. The molecule has 4 rings (SSSR count). The zero-order chi connectivity index (χ0) is 25.5. The van der Waals surface area contributed by atoms with Gasteiger partial charge in [0.05, 0.1) is 35.4 Å². The number of carbonyl (C=O) groups is 2. The average Bonchev–Trinajstić information content (AvgIpc) is 3.35. The molecular weight excluding hydrogens is 461 g/mol. The number of aromatic nitrogens is 2. The fourth-order valence-corrected chi connectivity index (χ4v) is 4.37. The van der Waals surface area contributed by atoms with Gasteiger partial charge < -0.3 is 15.3 Å². The number of carbonyl (C=O) groups excluding carboxylic acids is 1. The summed E-state index contributed by atoms with van der Waals surface area (Å²) >= 11 is 0. The van der Waals surface area contributed by atoms with E-state index in [0.717, 1.165) is 17.7 Å². The Bertz CT molecular complexity index is 1250. The molecule has 35 heavy (non-hydrogen) atoms. The van der Waals surface area contributed by atoms with Crippen molar-refractivity contribution in [2.45, 2.75) is 45.6 Å². The molecule has 184 valence electrons. The third-order valence-electron chi connectivity index (χ3n) is 6.35. The minimum Gasteiger partial charge on any atom is -0.478 e. The number of hydrogen-bond donors (Lipinski definition) is 2. The largest absolute Gasteiger partial charge is 0.478 e. The average molecular weight is 486 g/mol. The van der Waals surface area contributed by atoms with Crippen LogP contribution in [-0.4, -0.2) is 33.3 Å². The minimum absolute atomic E-state index is 0.158. The predicted molar refractivity (Wildman–Crippen MR) is 123 cm³/mol. The number of benzene rings is 2. The van der Waals surface area contributed by atoms with Gasteiger partial charge in [-0.1, -0.05) is 24.3 Å². The van der Waals surface area contributed by atoms with E-state index in [9.17, 15) is 22.8 Å². The summed E-state index contributed by atoms with van der Waals surface area (Å²) in [6, 6.07) is 10.7. The number of aryl methyl sites for hydroxylation is 1. The van der Waals surface area contributed by atoms with Crippen LogP contribution in [0.1, 0.15) is 69.0 Å². The van der Waals surface area contributed by atoms with E-state index in [2.05, 4.69) is 10.4 Å². The molecule has 0 aliphatic carbocycles. The number of anilines is 1. The third-order valence-corrected chi connectivity index (χ3v) is 6.35. The van der Waals surface area contributed by atoms with Gasteiger partial charge in [0.15, 0.2) is 0 Å². The summed E-state index contributed by atoms with van der Waals surface area (Å²) in [6.45, 7) is 6.55. The van der Waals surface area contributed by atoms with Gasteiger partial charge in [0.1, 0.15) is 11.4 Å². The van der Waals surface area contributed by atoms with Crippen LogP contribution in [0.3, 0.4) is 0 Å². The molecule has 0 saturated heterocycles. The Morgan fingerprint density at radius 3 is 2.17 bits per heavy atom. The van der Waals surface area contributed by atoms with Crippen molar-refractivity contribution in [2.24, 2.45) is 0 Å². The molecule has 1 aliphatic heterocycles. The summed E-state index contributed by atoms with van der Waals surface area (Å²) in [7, 11) is 0. The molecule has 2 aromatic carbocycles. The van der Waals surface area contributed by atoms with Gasteiger partial charge in [0.2, 0.25) is 0 Å². The van der Waals surface area contributed by atoms with E-state index < -0.39 is 17.7 Å². The fourth-order valence-electron chi connectivity index (χ4n) is 4.37. The molecule has 0 bridgehead atoms. The summed E-state index contributed by atoms with van der Waals surface area (Å²) in [5.41, 5.74) is 1.86. The highest BCUT2D eigenvalue weighted by molar-refractivity contribution is 6.00. The second-order valence-electron chi connectivity index (χ2n) is 8.62. The van der Waals surface area contributed by atoms with Gasteiger partial charge in [0, 0.05) is 6.54 Å². The summed E-state index contributed by atoms with van der Waals surface area (Å²) in [4.78, 5) is 26.3. The lowest BCUT2D eigenvalue weighted by Gasteiger charge is -2.27. The van der Waals surface area contributed by atoms with E-state index in [-0.39, 0.29) is 23.6 Å². The standard InChI is InChI=1S/C25H25F3N4O3/c1-14(17-4-6-19(7-5-17)24(34)35)29-22(33)21-15(2)30-32-13-12-31(23(21)32)16(3)18-8-10-20(11-9-18)25(26,27)28/h4-11,14,16H,12-13H2,1-3H3,(H,29,33)(H,34,35)/t14-,16+/m0/s1. The molecule has 3 aromatic rings. The molecule has 0 radical (unpaired) electrons. The van der Waals surface area contributed by atoms with Crippen molar-refractivity contribution < 1.29 is 27.9 Å². The number of aromatic carboxylic acids is 1. The summed E-state index contributed by atoms with van der Waals surface area (Å²) < 4.78 is 40.6. The molecule has 2 N–H and O–H groups in total. The van der Waals surface area contributed by atoms with Crippen molar-refractivity contribution >= 4 is 17.7 Å². The van der Waals surface area contributed by atoms with Crippen molar-refractivity contribution in [3.05, 3.63) is 82.0 Å². The maximum absolute atomic E-state index is 13.3. The number of carboxylic acids is 1. The van der Waals surface area contributed by atoms with Crippen LogP contribution in [-0.2, 0) is 12.7 Å². The molecule has 7 nitrogen and oxygen atoms in total. The molecule has 2 heterocycles. The Hall–Kier alpha value is -3.82. The van der Waals surface area contributed by atoms with E-state index in [4.69, 9.17) is 5.11 Å². The number of hydrogen-bond acceptors (Lipinski definition) is 4. The van der Waals surface area contributed by atoms with E-state index in [1.807, 2.05) is 11.8 Å². The highest BCUT2D eigenvalue weighted by Gasteiger charge is 2.34. The molecule has 0 spiro atoms. The number of rotatable bonds is 6. The van der Waals surface area contributed by atoms with Gasteiger partial charge in [-0.25, -0.2) is 9.48 Å². The van der Waals surface area contributed by atoms with Crippen LogP contribution in [0, 0.1) is 6.92 Å². The van der Waals surface area contributed by atoms with Crippen LogP contribution in [0.5, 0.6) is 0 Å². The second kappa shape index (κ2) is 9.09. The summed E-state index contributed by atoms with van der Waals surface area (Å²) in [6.07, 6.45) is -4.40. The second-order valence-corrected chi connectivity index (χ2v) is 8.62. The van der Waals surface area contributed by atoms with Crippen LogP contribution < -0.4 is 10.2 Å². The molecule has 0 saturated carbocycles. The Morgan fingerprint density at radius 2 is 1.60 bits per heavy atom. The highest BCUT2D eigenvalue weighted by Crippen LogP contribution is 2.36. The zero-order valence-corrected chi connectivity index (χ0v) is 19.4. The van der Waals surface area contributed by atoms with Crippen molar-refractivity contribution in [1.82, 2.24) is 15.1 Å². The molecular formula is C25H25F3N4O3. The number of nitrogens with zero attached hydrogens (tertiary/aromatic N) is 3. The molecule has 2 atom stereocenters. The maximum atomic E-state index is 13.3. The molecule has 10 heteroatoms. The van der Waals surface area contributed by atoms with E-state index in [1.54, 1.807) is 30.7 Å². The Morgan fingerprint density at radius 1 is 1.00 bits per heavy atom. The van der Waals surface area contributed by atoms with Crippen LogP contribution >= 0.6 is 0 Å². The van der Waals surface area contributed by atoms with Crippen molar-refractivity contribution in [3.63, 3.8) is 0 Å². The van der Waals surface area contributed by atoms with Gasteiger partial charge in [-0.3, -0.25) is 4.79 Å². The lowest BCUT2D eigenvalue weighted by Crippen LogP contribution is -2.31. The van der Waals surface area contributed by atoms with Gasteiger partial charge in [0.25, 0.3) is 5.91 Å². The Labute approximate surface area is 200 Å². The molecule has 1 amide bonds. The van der Waals surface area contributed by atoms with Crippen molar-refractivity contribution in [2.75, 3.05) is 11.4 Å². The normalized spacial score (nSPS) is 15.0. The van der Waals surface area contributed by atoms with Crippen LogP contribution in [0.15, 0.2) is 48.5 Å². The van der Waals surface area contributed by atoms with Crippen LogP contribution in [0.25, 0.3) is 0 Å². The number of fused-ring (bicyclic) bond motifs is 1. The first-order valence-electron chi connectivity index (χ1n) is 11.1. The highest BCUT2D eigenvalue weighted by atomic mass is 19.4. The Balaban J connectivity index is 1.56. The topological polar surface area (TPSA) is 87.5 Å².